The second-order valence-corrected chi connectivity index (χ2v) is 10.4. The van der Waals surface area contributed by atoms with Crippen molar-refractivity contribution in [1.29, 1.82) is 0 Å². The van der Waals surface area contributed by atoms with Crippen molar-refractivity contribution in [3.63, 3.8) is 0 Å². The van der Waals surface area contributed by atoms with Crippen LogP contribution < -0.4 is 11.1 Å². The van der Waals surface area contributed by atoms with Crippen molar-refractivity contribution in [2.75, 3.05) is 13.1 Å². The van der Waals surface area contributed by atoms with Crippen molar-refractivity contribution in [2.45, 2.75) is 76.8 Å². The predicted molar refractivity (Wildman–Crippen MR) is 152 cm³/mol. The van der Waals surface area contributed by atoms with Gasteiger partial charge in [0.1, 0.15) is 5.78 Å². The molecule has 1 aromatic heterocycles. The lowest BCUT2D eigenvalue weighted by Gasteiger charge is -2.39. The summed E-state index contributed by atoms with van der Waals surface area (Å²) >= 11 is 0. The fraction of sp³-hybridized carbons (Fsp3) is 0.452. The van der Waals surface area contributed by atoms with Gasteiger partial charge in [-0.25, -0.2) is 0 Å². The van der Waals surface area contributed by atoms with Crippen LogP contribution in [0.15, 0.2) is 54.6 Å². The fourth-order valence-corrected chi connectivity index (χ4v) is 5.71. The number of hydrogen-bond donors (Lipinski definition) is 3. The third-order valence-corrected chi connectivity index (χ3v) is 7.63. The van der Waals surface area contributed by atoms with Crippen LogP contribution in [-0.4, -0.2) is 52.7 Å². The number of benzene rings is 2. The summed E-state index contributed by atoms with van der Waals surface area (Å²) < 4.78 is 0. The van der Waals surface area contributed by atoms with Gasteiger partial charge in [-0.1, -0.05) is 67.8 Å². The van der Waals surface area contributed by atoms with Gasteiger partial charge < -0.3 is 20.8 Å². The molecule has 0 unspecified atom stereocenters. The number of ketones is 1. The Hall–Kier alpha value is -3.45. The Kier molecular flexibility index (Phi) is 9.71. The number of rotatable bonds is 13. The lowest BCUT2D eigenvalue weighted by molar-refractivity contribution is -0.133. The Morgan fingerprint density at radius 1 is 1.03 bits per heavy atom. The largest absolute Gasteiger partial charge is 0.368 e. The molecule has 1 aliphatic heterocycles. The third-order valence-electron chi connectivity index (χ3n) is 7.63. The first-order chi connectivity index (χ1) is 18.5. The molecule has 0 spiro atoms. The van der Waals surface area contributed by atoms with Crippen LogP contribution in [0.3, 0.4) is 0 Å². The Labute approximate surface area is 225 Å². The maximum Gasteiger partial charge on any atom is 0.237 e. The minimum absolute atomic E-state index is 0.0502. The van der Waals surface area contributed by atoms with E-state index in [-0.39, 0.29) is 17.6 Å². The van der Waals surface area contributed by atoms with E-state index in [1.807, 2.05) is 35.2 Å². The number of para-hydroxylation sites is 1. The van der Waals surface area contributed by atoms with E-state index in [4.69, 9.17) is 5.73 Å². The number of nitrogens with zero attached hydrogens (tertiary/aromatic N) is 1. The number of nitrogens with two attached hydrogens (primary N) is 1. The molecule has 1 fully saturated rings. The summed E-state index contributed by atoms with van der Waals surface area (Å²) in [5.74, 6) is -0.215. The molecule has 3 aromatic rings. The highest BCUT2D eigenvalue weighted by Gasteiger charge is 2.35. The number of carbonyl (C=O) groups excluding carboxylic acids is 3. The molecule has 38 heavy (non-hydrogen) atoms. The molecule has 0 saturated carbocycles. The highest BCUT2D eigenvalue weighted by molar-refractivity contribution is 5.91. The average molecular weight is 517 g/mol. The van der Waals surface area contributed by atoms with Crippen molar-refractivity contribution < 1.29 is 14.4 Å². The summed E-state index contributed by atoms with van der Waals surface area (Å²) in [4.78, 5) is 42.7. The fourth-order valence-electron chi connectivity index (χ4n) is 5.71. The van der Waals surface area contributed by atoms with Crippen molar-refractivity contribution in [3.8, 4) is 11.3 Å². The van der Waals surface area contributed by atoms with Gasteiger partial charge in [-0.05, 0) is 62.8 Å². The summed E-state index contributed by atoms with van der Waals surface area (Å²) in [6.07, 6.45) is 7.03. The SMILES string of the molecule is CC(=O)CCCCC[C@@H](C(=O)NCCc1c(-c2ccccc2)[nH]c2ccccc12)N1CCCC[C@H]1C(N)=O. The molecule has 2 aromatic carbocycles. The molecule has 4 rings (SSSR count). The number of likely N-dealkylation sites (tertiary alicyclic amines) is 1. The summed E-state index contributed by atoms with van der Waals surface area (Å²) in [5.41, 5.74) is 10.2. The van der Waals surface area contributed by atoms with Gasteiger partial charge in [0.25, 0.3) is 0 Å². The Morgan fingerprint density at radius 3 is 2.55 bits per heavy atom. The predicted octanol–water partition coefficient (Wildman–Crippen LogP) is 4.74. The Morgan fingerprint density at radius 2 is 1.79 bits per heavy atom. The third kappa shape index (κ3) is 6.90. The second kappa shape index (κ2) is 13.4. The molecule has 2 heterocycles. The van der Waals surface area contributed by atoms with E-state index in [2.05, 4.69) is 34.6 Å². The number of nitrogens with one attached hydrogen (secondary N) is 2. The van der Waals surface area contributed by atoms with Crippen molar-refractivity contribution in [1.82, 2.24) is 15.2 Å². The van der Waals surface area contributed by atoms with Crippen molar-refractivity contribution >= 4 is 28.5 Å². The molecule has 0 bridgehead atoms. The van der Waals surface area contributed by atoms with E-state index in [0.717, 1.165) is 54.3 Å². The minimum atomic E-state index is -0.407. The topological polar surface area (TPSA) is 108 Å². The molecule has 4 N–H and O–H groups in total. The highest BCUT2D eigenvalue weighted by atomic mass is 16.2. The van der Waals surface area contributed by atoms with Crippen LogP contribution in [0.2, 0.25) is 0 Å². The zero-order chi connectivity index (χ0) is 26.9. The number of aromatic amines is 1. The Bertz CT molecular complexity index is 1240. The van der Waals surface area contributed by atoms with Crippen LogP contribution in [0.1, 0.15) is 63.9 Å². The molecule has 7 heteroatoms. The zero-order valence-electron chi connectivity index (χ0n) is 22.4. The normalized spacial score (nSPS) is 16.8. The Balaban J connectivity index is 1.47. The van der Waals surface area contributed by atoms with E-state index < -0.39 is 12.1 Å². The van der Waals surface area contributed by atoms with E-state index in [0.29, 0.717) is 38.8 Å². The highest BCUT2D eigenvalue weighted by Crippen LogP contribution is 2.30. The second-order valence-electron chi connectivity index (χ2n) is 10.4. The van der Waals surface area contributed by atoms with Gasteiger partial charge in [0.2, 0.25) is 11.8 Å². The average Bonchev–Trinajstić information content (AvgIpc) is 3.29. The lowest BCUT2D eigenvalue weighted by Crippen LogP contribution is -2.57. The molecule has 2 amide bonds. The standard InChI is InChI=1S/C31H40N4O3/c1-22(36)12-4-2-7-18-28(35-21-11-10-17-27(35)30(32)37)31(38)33-20-19-25-24-15-8-9-16-26(24)34-29(25)23-13-5-3-6-14-23/h3,5-6,8-9,13-16,27-28,34H,2,4,7,10-12,17-21H2,1H3,(H2,32,37)(H,33,38)/t27-,28-/m0/s1. The van der Waals surface area contributed by atoms with Crippen molar-refractivity contribution in [3.05, 3.63) is 60.2 Å². The first-order valence-corrected chi connectivity index (χ1v) is 13.9. The van der Waals surface area contributed by atoms with Gasteiger partial charge in [0.05, 0.1) is 12.1 Å². The number of piperidine rings is 1. The molecule has 1 saturated heterocycles. The van der Waals surface area contributed by atoms with Gasteiger partial charge in [-0.3, -0.25) is 14.5 Å². The molecule has 0 radical (unpaired) electrons. The quantitative estimate of drug-likeness (QED) is 0.285. The summed E-state index contributed by atoms with van der Waals surface area (Å²) in [7, 11) is 0. The molecular weight excluding hydrogens is 476 g/mol. The molecule has 7 nitrogen and oxygen atoms in total. The lowest BCUT2D eigenvalue weighted by atomic mass is 9.96. The summed E-state index contributed by atoms with van der Waals surface area (Å²) in [6, 6.07) is 17.7. The number of H-pyrrole nitrogens is 1. The van der Waals surface area contributed by atoms with Crippen LogP contribution >= 0.6 is 0 Å². The van der Waals surface area contributed by atoms with Gasteiger partial charge in [0.15, 0.2) is 0 Å². The number of primary amides is 1. The molecule has 2 atom stereocenters. The zero-order valence-corrected chi connectivity index (χ0v) is 22.4. The molecule has 0 aliphatic carbocycles. The van der Waals surface area contributed by atoms with E-state index in [1.54, 1.807) is 6.92 Å². The van der Waals surface area contributed by atoms with Gasteiger partial charge in [-0.15, -0.1) is 0 Å². The van der Waals surface area contributed by atoms with E-state index in [1.165, 1.54) is 5.56 Å². The van der Waals surface area contributed by atoms with Crippen LogP contribution in [-0.2, 0) is 20.8 Å². The van der Waals surface area contributed by atoms with E-state index in [9.17, 15) is 14.4 Å². The number of unbranched alkanes of at least 4 members (excludes halogenated alkanes) is 2. The summed E-state index contributed by atoms with van der Waals surface area (Å²) in [5, 5.41) is 4.34. The van der Waals surface area contributed by atoms with Gasteiger partial charge >= 0.3 is 0 Å². The number of aromatic nitrogens is 1. The first-order valence-electron chi connectivity index (χ1n) is 13.9. The number of hydrogen-bond acceptors (Lipinski definition) is 4. The van der Waals surface area contributed by atoms with Crippen molar-refractivity contribution in [2.24, 2.45) is 5.73 Å². The molecular formula is C31H40N4O3. The van der Waals surface area contributed by atoms with Gasteiger partial charge in [-0.2, -0.15) is 0 Å². The monoisotopic (exact) mass is 516 g/mol. The minimum Gasteiger partial charge on any atom is -0.368 e. The number of amides is 2. The molecule has 1 aliphatic rings. The van der Waals surface area contributed by atoms with Crippen LogP contribution in [0.5, 0.6) is 0 Å². The summed E-state index contributed by atoms with van der Waals surface area (Å²) in [6.45, 7) is 2.80. The number of carbonyl (C=O) groups is 3. The number of Topliss-reactive ketones (excluding diaryl/α,β-unsaturated/α-hetero) is 1. The first kappa shape index (κ1) is 27.6. The number of fused-ring (bicyclic) bond motifs is 1. The smallest absolute Gasteiger partial charge is 0.237 e. The van der Waals surface area contributed by atoms with Crippen LogP contribution in [0.4, 0.5) is 0 Å². The van der Waals surface area contributed by atoms with E-state index >= 15 is 0 Å². The maximum absolute atomic E-state index is 13.6. The molecule has 202 valence electrons. The van der Waals surface area contributed by atoms with Crippen LogP contribution in [0, 0.1) is 0 Å². The maximum atomic E-state index is 13.6. The van der Waals surface area contributed by atoms with Crippen LogP contribution in [0.25, 0.3) is 22.2 Å². The van der Waals surface area contributed by atoms with Gasteiger partial charge in [0, 0.05) is 29.6 Å².